The summed E-state index contributed by atoms with van der Waals surface area (Å²) in [5, 5.41) is 20.0. The molecule has 0 bridgehead atoms. The number of halogens is 2. The highest BCUT2D eigenvalue weighted by Gasteiger charge is 2.16. The highest BCUT2D eigenvalue weighted by molar-refractivity contribution is 9.10. The molecule has 0 saturated carbocycles. The Morgan fingerprint density at radius 2 is 2.21 bits per heavy atom. The number of nitrogens with zero attached hydrogens (tertiary/aromatic N) is 4. The Morgan fingerprint density at radius 3 is 2.89 bits per heavy atom. The summed E-state index contributed by atoms with van der Waals surface area (Å²) >= 11 is 3.09. The lowest BCUT2D eigenvalue weighted by Crippen LogP contribution is -2.23. The van der Waals surface area contributed by atoms with Gasteiger partial charge in [0.25, 0.3) is 0 Å². The minimum absolute atomic E-state index is 0.0177. The van der Waals surface area contributed by atoms with E-state index in [4.69, 9.17) is 9.41 Å². The molecule has 1 aromatic heterocycles. The number of benzene rings is 1. The first-order valence-corrected chi connectivity index (χ1v) is 11.5. The van der Waals surface area contributed by atoms with Crippen molar-refractivity contribution in [2.24, 2.45) is 9.36 Å². The van der Waals surface area contributed by atoms with Crippen molar-refractivity contribution in [3.63, 3.8) is 0 Å². The van der Waals surface area contributed by atoms with Crippen LogP contribution in [0.5, 0.6) is 0 Å². The molecule has 1 unspecified atom stereocenters. The van der Waals surface area contributed by atoms with Gasteiger partial charge < -0.3 is 5.32 Å². The highest BCUT2D eigenvalue weighted by Crippen LogP contribution is 2.23. The molecule has 0 aliphatic carbocycles. The van der Waals surface area contributed by atoms with E-state index < -0.39 is 15.4 Å². The van der Waals surface area contributed by atoms with Crippen molar-refractivity contribution in [2.75, 3.05) is 30.4 Å². The fourth-order valence-electron chi connectivity index (χ4n) is 2.13. The van der Waals surface area contributed by atoms with Crippen LogP contribution in [0.4, 0.5) is 15.9 Å². The van der Waals surface area contributed by atoms with Gasteiger partial charge in [-0.3, -0.25) is 19.8 Å². The molecule has 0 fully saturated rings. The van der Waals surface area contributed by atoms with Crippen molar-refractivity contribution in [3.8, 4) is 0 Å². The molecule has 2 rings (SSSR count). The molecule has 4 N–H and O–H groups in total. The summed E-state index contributed by atoms with van der Waals surface area (Å²) in [6.45, 7) is 3.22. The zero-order valence-corrected chi connectivity index (χ0v) is 18.0. The number of nitrogens with one attached hydrogen (secondary N) is 3. The molecule has 0 amide bonds. The number of hydrogen-bond acceptors (Lipinski definition) is 8. The second-order valence-corrected chi connectivity index (χ2v) is 9.61. The third-order valence-electron chi connectivity index (χ3n) is 3.64. The van der Waals surface area contributed by atoms with E-state index in [9.17, 15) is 9.60 Å². The number of anilines is 1. The summed E-state index contributed by atoms with van der Waals surface area (Å²) in [5.74, 6) is 0.363. The maximum absolute atomic E-state index is 13.4. The first kappa shape index (κ1) is 22.2. The fraction of sp³-hybridized carbons (Fsp3) is 0.438. The number of unbranched alkanes of at least 4 members (excludes halogenated alkanes) is 1. The number of hydroxylamine groups is 1. The van der Waals surface area contributed by atoms with Crippen LogP contribution in [0.2, 0.25) is 0 Å². The Morgan fingerprint density at radius 1 is 1.43 bits per heavy atom. The maximum Gasteiger partial charge on any atom is 0.202 e. The van der Waals surface area contributed by atoms with Gasteiger partial charge >= 0.3 is 0 Å². The number of aliphatic imine (C=N–C) groups is 1. The van der Waals surface area contributed by atoms with E-state index in [0.29, 0.717) is 24.5 Å². The van der Waals surface area contributed by atoms with Crippen molar-refractivity contribution >= 4 is 42.9 Å². The summed E-state index contributed by atoms with van der Waals surface area (Å²) in [4.78, 5) is 4.19. The lowest BCUT2D eigenvalue weighted by Gasteiger charge is -2.09. The van der Waals surface area contributed by atoms with Crippen molar-refractivity contribution in [1.29, 1.82) is 4.78 Å². The van der Waals surface area contributed by atoms with Gasteiger partial charge in [0.15, 0.2) is 11.5 Å². The van der Waals surface area contributed by atoms with Gasteiger partial charge in [-0.2, -0.15) is 0 Å². The van der Waals surface area contributed by atoms with Crippen LogP contribution in [0, 0.1) is 10.6 Å². The van der Waals surface area contributed by atoms with E-state index in [1.165, 1.54) is 18.2 Å². The summed E-state index contributed by atoms with van der Waals surface area (Å²) in [6, 6.07) is 4.16. The van der Waals surface area contributed by atoms with Crippen LogP contribution in [0.25, 0.3) is 0 Å². The SMILES string of the molecule is CCCCN=S(C)(=N)CCNc1nonc1C(=Nc1ccc(F)c(Br)c1)NO. The molecular formula is C16H23BrFN7O2S. The van der Waals surface area contributed by atoms with E-state index in [1.54, 1.807) is 0 Å². The summed E-state index contributed by atoms with van der Waals surface area (Å²) < 4.78 is 31.1. The molecule has 1 atom stereocenters. The standard InChI is InChI=1S/C16H23BrFN7O2S/c1-3-4-7-21-28(2,19)9-8-20-15-14(24-27-25-15)16(23-26)22-11-5-6-13(18)12(17)10-11/h5-6,10,19,26H,3-4,7-9H2,1-2H3,(H,20,25)(H,22,23). The van der Waals surface area contributed by atoms with Crippen LogP contribution in [0.3, 0.4) is 0 Å². The van der Waals surface area contributed by atoms with Gasteiger partial charge in [0.1, 0.15) is 5.82 Å². The Kier molecular flexibility index (Phi) is 8.33. The molecule has 0 spiro atoms. The summed E-state index contributed by atoms with van der Waals surface area (Å²) in [6.07, 6.45) is 3.86. The van der Waals surface area contributed by atoms with Crippen molar-refractivity contribution in [1.82, 2.24) is 15.8 Å². The van der Waals surface area contributed by atoms with Crippen molar-refractivity contribution in [3.05, 3.63) is 34.2 Å². The van der Waals surface area contributed by atoms with Crippen molar-refractivity contribution in [2.45, 2.75) is 19.8 Å². The van der Waals surface area contributed by atoms with Crippen LogP contribution in [-0.4, -0.2) is 46.5 Å². The van der Waals surface area contributed by atoms with E-state index in [1.807, 2.05) is 11.7 Å². The third-order valence-corrected chi connectivity index (χ3v) is 6.00. The molecule has 9 nitrogen and oxygen atoms in total. The van der Waals surface area contributed by atoms with Gasteiger partial charge in [-0.1, -0.05) is 23.0 Å². The van der Waals surface area contributed by atoms with Crippen LogP contribution in [0.1, 0.15) is 25.5 Å². The molecule has 1 aromatic carbocycles. The fourth-order valence-corrected chi connectivity index (χ4v) is 3.66. The smallest absolute Gasteiger partial charge is 0.202 e. The second-order valence-electron chi connectivity index (χ2n) is 6.01. The van der Waals surface area contributed by atoms with Crippen LogP contribution >= 0.6 is 15.9 Å². The van der Waals surface area contributed by atoms with Crippen LogP contribution < -0.4 is 10.8 Å². The Balaban J connectivity index is 2.11. The number of rotatable bonds is 9. The van der Waals surface area contributed by atoms with Gasteiger partial charge in [-0.15, -0.1) is 0 Å². The minimum atomic E-state index is -1.81. The number of aromatic nitrogens is 2. The molecule has 0 aliphatic rings. The van der Waals surface area contributed by atoms with Crippen molar-refractivity contribution < 1.29 is 14.2 Å². The average Bonchev–Trinajstić information content (AvgIpc) is 3.11. The van der Waals surface area contributed by atoms with E-state index >= 15 is 0 Å². The lowest BCUT2D eigenvalue weighted by molar-refractivity contribution is 0.234. The number of amidine groups is 1. The van der Waals surface area contributed by atoms with Gasteiger partial charge in [0.2, 0.25) is 5.82 Å². The van der Waals surface area contributed by atoms with Crippen LogP contribution in [0.15, 0.2) is 36.7 Å². The summed E-state index contributed by atoms with van der Waals surface area (Å²) in [7, 11) is -1.81. The zero-order valence-electron chi connectivity index (χ0n) is 15.6. The third kappa shape index (κ3) is 6.53. The predicted octanol–water partition coefficient (Wildman–Crippen LogP) is 3.97. The molecule has 2 aromatic rings. The average molecular weight is 476 g/mol. The van der Waals surface area contributed by atoms with Gasteiger partial charge in [0.05, 0.1) is 10.2 Å². The molecule has 12 heteroatoms. The van der Waals surface area contributed by atoms with Crippen LogP contribution in [-0.2, 0) is 9.62 Å². The molecule has 0 aliphatic heterocycles. The number of hydrogen-bond donors (Lipinski definition) is 4. The maximum atomic E-state index is 13.4. The Bertz CT molecular complexity index is 941. The molecule has 28 heavy (non-hydrogen) atoms. The Hall–Kier alpha value is -2.05. The zero-order chi connectivity index (χ0) is 20.6. The Labute approximate surface area is 171 Å². The van der Waals surface area contributed by atoms with Gasteiger partial charge in [0, 0.05) is 25.1 Å². The monoisotopic (exact) mass is 475 g/mol. The molecule has 154 valence electrons. The second kappa shape index (κ2) is 10.5. The predicted molar refractivity (Wildman–Crippen MR) is 111 cm³/mol. The first-order chi connectivity index (χ1) is 13.4. The largest absolute Gasteiger partial charge is 0.364 e. The lowest BCUT2D eigenvalue weighted by atomic mass is 10.3. The van der Waals surface area contributed by atoms with E-state index in [2.05, 4.69) is 47.8 Å². The van der Waals surface area contributed by atoms with E-state index in [0.717, 1.165) is 12.8 Å². The molecule has 1 heterocycles. The molecule has 0 saturated heterocycles. The highest BCUT2D eigenvalue weighted by atomic mass is 79.9. The van der Waals surface area contributed by atoms with Gasteiger partial charge in [-0.25, -0.2) is 14.0 Å². The quantitative estimate of drug-likeness (QED) is 0.187. The first-order valence-electron chi connectivity index (χ1n) is 8.56. The summed E-state index contributed by atoms with van der Waals surface area (Å²) in [5.41, 5.74) is 2.50. The topological polar surface area (TPSA) is 132 Å². The molecular weight excluding hydrogens is 453 g/mol. The minimum Gasteiger partial charge on any atom is -0.364 e. The molecule has 0 radical (unpaired) electrons. The normalized spacial score (nSPS) is 13.8. The van der Waals surface area contributed by atoms with Gasteiger partial charge in [-0.05, 0) is 50.9 Å². The van der Waals surface area contributed by atoms with E-state index in [-0.39, 0.29) is 21.8 Å².